The van der Waals surface area contributed by atoms with Crippen LogP contribution in [0.4, 0.5) is 5.95 Å². The van der Waals surface area contributed by atoms with Gasteiger partial charge in [0.1, 0.15) is 5.52 Å². The normalized spacial score (nSPS) is 12.2. The lowest BCUT2D eigenvalue weighted by atomic mass is 9.86. The second-order valence-corrected chi connectivity index (χ2v) is 6.45. The first-order valence-corrected chi connectivity index (χ1v) is 7.08. The van der Waals surface area contributed by atoms with Crippen LogP contribution < -0.4 is 5.73 Å². The molecule has 110 valence electrons. The number of para-hydroxylation sites is 1. The fraction of sp³-hybridized carbons (Fsp3) is 0.375. The molecule has 2 heterocycles. The van der Waals surface area contributed by atoms with Gasteiger partial charge in [0.25, 0.3) is 0 Å². The fourth-order valence-corrected chi connectivity index (χ4v) is 2.83. The summed E-state index contributed by atoms with van der Waals surface area (Å²) in [6.45, 7) is 8.55. The van der Waals surface area contributed by atoms with Gasteiger partial charge in [-0.2, -0.15) is 5.10 Å². The molecule has 2 N–H and O–H groups in total. The summed E-state index contributed by atoms with van der Waals surface area (Å²) in [6.07, 6.45) is 0. The highest BCUT2D eigenvalue weighted by atomic mass is 15.3. The van der Waals surface area contributed by atoms with Crippen molar-refractivity contribution in [2.75, 3.05) is 5.73 Å². The smallest absolute Gasteiger partial charge is 0.207 e. The number of anilines is 1. The van der Waals surface area contributed by atoms with Crippen molar-refractivity contribution in [3.05, 3.63) is 35.5 Å². The van der Waals surface area contributed by atoms with E-state index in [4.69, 9.17) is 5.73 Å². The van der Waals surface area contributed by atoms with Crippen molar-refractivity contribution in [1.29, 1.82) is 0 Å². The van der Waals surface area contributed by atoms with Crippen molar-refractivity contribution in [1.82, 2.24) is 19.3 Å². The number of aromatic nitrogens is 4. The monoisotopic (exact) mass is 283 g/mol. The van der Waals surface area contributed by atoms with E-state index < -0.39 is 0 Å². The van der Waals surface area contributed by atoms with Crippen LogP contribution in [0.5, 0.6) is 0 Å². The van der Waals surface area contributed by atoms with Crippen LogP contribution in [0.1, 0.15) is 32.0 Å². The summed E-state index contributed by atoms with van der Waals surface area (Å²) in [5, 5.41) is 4.45. The Balaban J connectivity index is 2.39. The molecule has 0 atom stereocenters. The minimum atomic E-state index is 0.0211. The Labute approximate surface area is 124 Å². The third-order valence-corrected chi connectivity index (χ3v) is 3.78. The molecule has 0 aliphatic carbocycles. The summed E-state index contributed by atoms with van der Waals surface area (Å²) in [5.41, 5.74) is 11.2. The van der Waals surface area contributed by atoms with Gasteiger partial charge in [0, 0.05) is 7.05 Å². The van der Waals surface area contributed by atoms with Gasteiger partial charge in [0.2, 0.25) is 5.95 Å². The standard InChI is InChI=1S/C16H21N5/c1-10-13-14(20(5)19-10)21(15(17)18-13)12-9-7-6-8-11(12)16(2,3)4/h6-9H,1-5H3,(H2,17,18). The van der Waals surface area contributed by atoms with Gasteiger partial charge in [-0.3, -0.25) is 4.57 Å². The van der Waals surface area contributed by atoms with Crippen LogP contribution >= 0.6 is 0 Å². The lowest BCUT2D eigenvalue weighted by Crippen LogP contribution is -2.16. The predicted molar refractivity (Wildman–Crippen MR) is 85.7 cm³/mol. The van der Waals surface area contributed by atoms with Crippen LogP contribution in [0.15, 0.2) is 24.3 Å². The van der Waals surface area contributed by atoms with Crippen molar-refractivity contribution in [3.8, 4) is 5.69 Å². The maximum Gasteiger partial charge on any atom is 0.207 e. The van der Waals surface area contributed by atoms with E-state index in [1.807, 2.05) is 29.3 Å². The van der Waals surface area contributed by atoms with Gasteiger partial charge >= 0.3 is 0 Å². The zero-order valence-corrected chi connectivity index (χ0v) is 13.2. The first-order valence-electron chi connectivity index (χ1n) is 7.08. The molecular formula is C16H21N5. The molecular weight excluding hydrogens is 262 g/mol. The average molecular weight is 283 g/mol. The second-order valence-electron chi connectivity index (χ2n) is 6.45. The van der Waals surface area contributed by atoms with Crippen molar-refractivity contribution in [3.63, 3.8) is 0 Å². The maximum atomic E-state index is 6.19. The highest BCUT2D eigenvalue weighted by Crippen LogP contribution is 2.32. The van der Waals surface area contributed by atoms with E-state index in [1.54, 1.807) is 0 Å². The third-order valence-electron chi connectivity index (χ3n) is 3.78. The van der Waals surface area contributed by atoms with Crippen molar-refractivity contribution in [2.45, 2.75) is 33.1 Å². The predicted octanol–water partition coefficient (Wildman–Crippen LogP) is 2.95. The third kappa shape index (κ3) is 2.00. The van der Waals surface area contributed by atoms with Crippen LogP contribution in [0.2, 0.25) is 0 Å². The van der Waals surface area contributed by atoms with Crippen LogP contribution in [-0.2, 0) is 12.5 Å². The number of hydrogen-bond acceptors (Lipinski definition) is 3. The summed E-state index contributed by atoms with van der Waals surface area (Å²) < 4.78 is 3.84. The number of nitrogen functional groups attached to an aromatic ring is 1. The molecule has 0 bridgehead atoms. The van der Waals surface area contributed by atoms with E-state index in [1.165, 1.54) is 5.56 Å². The van der Waals surface area contributed by atoms with Crippen LogP contribution in [-0.4, -0.2) is 19.3 Å². The van der Waals surface area contributed by atoms with Gasteiger partial charge in [-0.1, -0.05) is 39.0 Å². The van der Waals surface area contributed by atoms with E-state index in [0.717, 1.165) is 22.5 Å². The lowest BCUT2D eigenvalue weighted by Gasteiger charge is -2.23. The molecule has 0 spiro atoms. The Bertz CT molecular complexity index is 817. The molecule has 2 aromatic heterocycles. The average Bonchev–Trinajstić information content (AvgIpc) is 2.87. The summed E-state index contributed by atoms with van der Waals surface area (Å²) in [5.74, 6) is 0.498. The Morgan fingerprint density at radius 2 is 1.81 bits per heavy atom. The molecule has 5 heteroatoms. The Morgan fingerprint density at radius 3 is 2.48 bits per heavy atom. The van der Waals surface area contributed by atoms with Crippen LogP contribution in [0.25, 0.3) is 16.9 Å². The molecule has 0 unspecified atom stereocenters. The van der Waals surface area contributed by atoms with E-state index in [9.17, 15) is 0 Å². The minimum absolute atomic E-state index is 0.0211. The largest absolute Gasteiger partial charge is 0.369 e. The Hall–Kier alpha value is -2.30. The molecule has 0 amide bonds. The molecule has 3 rings (SSSR count). The quantitative estimate of drug-likeness (QED) is 0.747. The van der Waals surface area contributed by atoms with E-state index >= 15 is 0 Å². The number of benzene rings is 1. The van der Waals surface area contributed by atoms with E-state index in [2.05, 4.69) is 49.1 Å². The number of nitrogens with zero attached hydrogens (tertiary/aromatic N) is 4. The molecule has 0 saturated heterocycles. The molecule has 0 fully saturated rings. The first kappa shape index (κ1) is 13.7. The molecule has 0 saturated carbocycles. The Morgan fingerprint density at radius 1 is 1.14 bits per heavy atom. The van der Waals surface area contributed by atoms with Crippen molar-refractivity contribution >= 4 is 17.1 Å². The molecule has 5 nitrogen and oxygen atoms in total. The first-order chi connectivity index (χ1) is 9.80. The number of rotatable bonds is 1. The highest BCUT2D eigenvalue weighted by molar-refractivity contribution is 5.80. The lowest BCUT2D eigenvalue weighted by molar-refractivity contribution is 0.586. The summed E-state index contributed by atoms with van der Waals surface area (Å²) in [4.78, 5) is 4.49. The van der Waals surface area contributed by atoms with Gasteiger partial charge < -0.3 is 5.73 Å². The maximum absolute atomic E-state index is 6.19. The van der Waals surface area contributed by atoms with Crippen LogP contribution in [0, 0.1) is 6.92 Å². The van der Waals surface area contributed by atoms with Crippen molar-refractivity contribution < 1.29 is 0 Å². The van der Waals surface area contributed by atoms with Gasteiger partial charge in [-0.25, -0.2) is 9.67 Å². The SMILES string of the molecule is Cc1nn(C)c2c1nc(N)n2-c1ccccc1C(C)(C)C. The highest BCUT2D eigenvalue weighted by Gasteiger charge is 2.23. The fourth-order valence-electron chi connectivity index (χ4n) is 2.83. The molecule has 0 aliphatic heterocycles. The van der Waals surface area contributed by atoms with Crippen LogP contribution in [0.3, 0.4) is 0 Å². The summed E-state index contributed by atoms with van der Waals surface area (Å²) in [7, 11) is 1.92. The van der Waals surface area contributed by atoms with Gasteiger partial charge in [0.05, 0.1) is 11.4 Å². The summed E-state index contributed by atoms with van der Waals surface area (Å²) >= 11 is 0. The molecule has 3 aromatic rings. The molecule has 21 heavy (non-hydrogen) atoms. The Kier molecular flexibility index (Phi) is 2.83. The van der Waals surface area contributed by atoms with Gasteiger partial charge in [0.15, 0.2) is 5.65 Å². The number of nitrogens with two attached hydrogens (primary N) is 1. The molecule has 0 radical (unpaired) electrons. The molecule has 0 aliphatic rings. The van der Waals surface area contributed by atoms with Crippen molar-refractivity contribution in [2.24, 2.45) is 7.05 Å². The van der Waals surface area contributed by atoms with Gasteiger partial charge in [-0.15, -0.1) is 0 Å². The zero-order valence-electron chi connectivity index (χ0n) is 13.2. The number of fused-ring (bicyclic) bond motifs is 1. The van der Waals surface area contributed by atoms with E-state index in [-0.39, 0.29) is 5.41 Å². The van der Waals surface area contributed by atoms with Gasteiger partial charge in [-0.05, 0) is 24.0 Å². The topological polar surface area (TPSA) is 61.7 Å². The summed E-state index contributed by atoms with van der Waals surface area (Å²) in [6, 6.07) is 8.31. The second kappa shape index (κ2) is 4.35. The number of imidazole rings is 1. The number of aryl methyl sites for hydroxylation is 2. The zero-order chi connectivity index (χ0) is 15.4. The number of hydrogen-bond donors (Lipinski definition) is 1. The van der Waals surface area contributed by atoms with E-state index in [0.29, 0.717) is 5.95 Å². The minimum Gasteiger partial charge on any atom is -0.369 e. The molecule has 1 aromatic carbocycles.